The Hall–Kier alpha value is -0.860. The fourth-order valence-electron chi connectivity index (χ4n) is 1.07. The molecule has 1 aromatic rings. The Balaban J connectivity index is 2.82. The largest absolute Gasteiger partial charge is 0.387 e. The van der Waals surface area contributed by atoms with Crippen molar-refractivity contribution in [2.24, 2.45) is 5.73 Å². The van der Waals surface area contributed by atoms with Gasteiger partial charge in [0.25, 0.3) is 0 Å². The SMILES string of the molecule is Cc1ccc([C@@H](O)C(C)N)cc1. The highest BCUT2D eigenvalue weighted by Gasteiger charge is 2.10. The van der Waals surface area contributed by atoms with Gasteiger partial charge in [-0.1, -0.05) is 29.8 Å². The summed E-state index contributed by atoms with van der Waals surface area (Å²) in [6.45, 7) is 3.81. The van der Waals surface area contributed by atoms with E-state index >= 15 is 0 Å². The van der Waals surface area contributed by atoms with Gasteiger partial charge in [0.1, 0.15) is 0 Å². The molecule has 1 unspecified atom stereocenters. The van der Waals surface area contributed by atoms with E-state index in [0.29, 0.717) is 0 Å². The Bertz CT molecular complexity index is 241. The van der Waals surface area contributed by atoms with E-state index in [4.69, 9.17) is 5.73 Å². The Morgan fingerprint density at radius 3 is 2.17 bits per heavy atom. The minimum atomic E-state index is -0.550. The van der Waals surface area contributed by atoms with Crippen LogP contribution in [-0.2, 0) is 0 Å². The Morgan fingerprint density at radius 1 is 1.25 bits per heavy atom. The molecule has 0 spiro atoms. The molecule has 0 saturated heterocycles. The molecule has 0 aliphatic carbocycles. The van der Waals surface area contributed by atoms with Gasteiger partial charge in [-0.15, -0.1) is 0 Å². The predicted molar refractivity (Wildman–Crippen MR) is 49.8 cm³/mol. The van der Waals surface area contributed by atoms with Gasteiger partial charge >= 0.3 is 0 Å². The molecule has 0 aliphatic heterocycles. The average Bonchev–Trinajstić information content (AvgIpc) is 2.04. The molecule has 0 fully saturated rings. The third kappa shape index (κ3) is 2.06. The van der Waals surface area contributed by atoms with E-state index in [1.165, 1.54) is 5.56 Å². The summed E-state index contributed by atoms with van der Waals surface area (Å²) in [5, 5.41) is 9.56. The van der Waals surface area contributed by atoms with Crippen LogP contribution in [0.25, 0.3) is 0 Å². The standard InChI is InChI=1S/C10H15NO/c1-7-3-5-9(6-4-7)10(12)8(2)11/h3-6,8,10,12H,11H2,1-2H3/t8?,10-/m0/s1. The van der Waals surface area contributed by atoms with Crippen molar-refractivity contribution in [2.45, 2.75) is 26.0 Å². The highest BCUT2D eigenvalue weighted by atomic mass is 16.3. The van der Waals surface area contributed by atoms with E-state index in [-0.39, 0.29) is 6.04 Å². The van der Waals surface area contributed by atoms with Gasteiger partial charge in [0.15, 0.2) is 0 Å². The lowest BCUT2D eigenvalue weighted by molar-refractivity contribution is 0.153. The van der Waals surface area contributed by atoms with Crippen LogP contribution in [0.2, 0.25) is 0 Å². The molecule has 2 heteroatoms. The van der Waals surface area contributed by atoms with Crippen LogP contribution in [0.1, 0.15) is 24.2 Å². The van der Waals surface area contributed by atoms with Crippen LogP contribution in [0.4, 0.5) is 0 Å². The maximum atomic E-state index is 9.56. The Kier molecular flexibility index (Phi) is 2.84. The van der Waals surface area contributed by atoms with E-state index in [1.807, 2.05) is 31.2 Å². The quantitative estimate of drug-likeness (QED) is 0.695. The normalized spacial score (nSPS) is 15.7. The molecule has 3 N–H and O–H groups in total. The number of hydrogen-bond donors (Lipinski definition) is 2. The van der Waals surface area contributed by atoms with Gasteiger partial charge in [-0.2, -0.15) is 0 Å². The molecule has 1 rings (SSSR count). The lowest BCUT2D eigenvalue weighted by atomic mass is 10.0. The van der Waals surface area contributed by atoms with Crippen LogP contribution in [0.15, 0.2) is 24.3 Å². The molecule has 0 amide bonds. The van der Waals surface area contributed by atoms with Crippen LogP contribution in [0, 0.1) is 6.92 Å². The molecule has 0 heterocycles. The minimum Gasteiger partial charge on any atom is -0.387 e. The van der Waals surface area contributed by atoms with Gasteiger partial charge in [0.05, 0.1) is 6.10 Å². The van der Waals surface area contributed by atoms with Gasteiger partial charge in [0, 0.05) is 6.04 Å². The van der Waals surface area contributed by atoms with E-state index in [0.717, 1.165) is 5.56 Å². The fraction of sp³-hybridized carbons (Fsp3) is 0.400. The third-order valence-electron chi connectivity index (χ3n) is 1.92. The monoisotopic (exact) mass is 165 g/mol. The number of benzene rings is 1. The molecule has 0 saturated carbocycles. The zero-order chi connectivity index (χ0) is 9.14. The van der Waals surface area contributed by atoms with E-state index in [9.17, 15) is 5.11 Å². The second-order valence-corrected chi connectivity index (χ2v) is 3.21. The zero-order valence-corrected chi connectivity index (χ0v) is 7.49. The molecule has 0 aliphatic rings. The molecule has 2 atom stereocenters. The maximum Gasteiger partial charge on any atom is 0.0938 e. The second-order valence-electron chi connectivity index (χ2n) is 3.21. The number of rotatable bonds is 2. The van der Waals surface area contributed by atoms with E-state index in [1.54, 1.807) is 6.92 Å². The number of aliphatic hydroxyl groups excluding tert-OH is 1. The van der Waals surface area contributed by atoms with Crippen molar-refractivity contribution in [1.29, 1.82) is 0 Å². The van der Waals surface area contributed by atoms with E-state index in [2.05, 4.69) is 0 Å². The van der Waals surface area contributed by atoms with Gasteiger partial charge in [-0.3, -0.25) is 0 Å². The van der Waals surface area contributed by atoms with Crippen molar-refractivity contribution in [1.82, 2.24) is 0 Å². The molecule has 1 aromatic carbocycles. The Morgan fingerprint density at radius 2 is 1.75 bits per heavy atom. The summed E-state index contributed by atoms with van der Waals surface area (Å²) in [7, 11) is 0. The molecule has 0 radical (unpaired) electrons. The van der Waals surface area contributed by atoms with Crippen LogP contribution >= 0.6 is 0 Å². The van der Waals surface area contributed by atoms with Crippen LogP contribution in [-0.4, -0.2) is 11.1 Å². The topological polar surface area (TPSA) is 46.2 Å². The summed E-state index contributed by atoms with van der Waals surface area (Å²) in [5.41, 5.74) is 7.63. The lowest BCUT2D eigenvalue weighted by Crippen LogP contribution is -2.24. The number of nitrogens with two attached hydrogens (primary N) is 1. The van der Waals surface area contributed by atoms with Crippen LogP contribution < -0.4 is 5.73 Å². The highest BCUT2D eigenvalue weighted by molar-refractivity contribution is 5.23. The van der Waals surface area contributed by atoms with Crippen molar-refractivity contribution in [3.05, 3.63) is 35.4 Å². The van der Waals surface area contributed by atoms with Gasteiger partial charge < -0.3 is 10.8 Å². The first-order valence-corrected chi connectivity index (χ1v) is 4.11. The molecule has 0 aromatic heterocycles. The van der Waals surface area contributed by atoms with Crippen molar-refractivity contribution in [2.75, 3.05) is 0 Å². The Labute approximate surface area is 73.0 Å². The van der Waals surface area contributed by atoms with E-state index < -0.39 is 6.10 Å². The van der Waals surface area contributed by atoms with Gasteiger partial charge in [0.2, 0.25) is 0 Å². The second kappa shape index (κ2) is 3.70. The first-order chi connectivity index (χ1) is 5.61. The van der Waals surface area contributed by atoms with Crippen molar-refractivity contribution >= 4 is 0 Å². The number of hydrogen-bond acceptors (Lipinski definition) is 2. The summed E-state index contributed by atoms with van der Waals surface area (Å²) in [5.74, 6) is 0. The molecule has 2 nitrogen and oxygen atoms in total. The predicted octanol–water partition coefficient (Wildman–Crippen LogP) is 1.38. The van der Waals surface area contributed by atoms with Crippen molar-refractivity contribution in [3.8, 4) is 0 Å². The zero-order valence-electron chi connectivity index (χ0n) is 7.49. The van der Waals surface area contributed by atoms with Crippen LogP contribution in [0.5, 0.6) is 0 Å². The lowest BCUT2D eigenvalue weighted by Gasteiger charge is -2.14. The molecular formula is C10H15NO. The summed E-state index contributed by atoms with van der Waals surface area (Å²) in [6, 6.07) is 7.54. The molecule has 66 valence electrons. The maximum absolute atomic E-state index is 9.56. The summed E-state index contributed by atoms with van der Waals surface area (Å²) in [6.07, 6.45) is -0.550. The molecule has 12 heavy (non-hydrogen) atoms. The molecule has 0 bridgehead atoms. The first kappa shape index (κ1) is 9.23. The third-order valence-corrected chi connectivity index (χ3v) is 1.92. The number of aryl methyl sites for hydroxylation is 1. The average molecular weight is 165 g/mol. The summed E-state index contributed by atoms with van der Waals surface area (Å²) < 4.78 is 0. The summed E-state index contributed by atoms with van der Waals surface area (Å²) in [4.78, 5) is 0. The van der Waals surface area contributed by atoms with Crippen molar-refractivity contribution < 1.29 is 5.11 Å². The van der Waals surface area contributed by atoms with Gasteiger partial charge in [-0.25, -0.2) is 0 Å². The highest BCUT2D eigenvalue weighted by Crippen LogP contribution is 2.15. The van der Waals surface area contributed by atoms with Gasteiger partial charge in [-0.05, 0) is 19.4 Å². The number of aliphatic hydroxyl groups is 1. The first-order valence-electron chi connectivity index (χ1n) is 4.11. The van der Waals surface area contributed by atoms with Crippen molar-refractivity contribution in [3.63, 3.8) is 0 Å². The summed E-state index contributed by atoms with van der Waals surface area (Å²) >= 11 is 0. The van der Waals surface area contributed by atoms with Crippen LogP contribution in [0.3, 0.4) is 0 Å². The fourth-order valence-corrected chi connectivity index (χ4v) is 1.07. The smallest absolute Gasteiger partial charge is 0.0938 e. The molecular weight excluding hydrogens is 150 g/mol. The minimum absolute atomic E-state index is 0.215.